The van der Waals surface area contributed by atoms with Crippen molar-refractivity contribution in [2.75, 3.05) is 11.9 Å². The molecular formula is C24H23FN6O4. The van der Waals surface area contributed by atoms with Crippen molar-refractivity contribution in [2.24, 2.45) is 4.99 Å². The molecule has 3 aromatic rings. The van der Waals surface area contributed by atoms with Crippen LogP contribution in [0, 0.1) is 5.82 Å². The molecule has 0 saturated carbocycles. The first-order valence-corrected chi connectivity index (χ1v) is 10.8. The summed E-state index contributed by atoms with van der Waals surface area (Å²) in [4.78, 5) is 40.4. The SMILES string of the molecule is CC(C(=O)NCc1cccc(F)c1)n1nccc1N=CC(=O)NCc1ccc2c(c1)NC(=O)CO2. The molecule has 10 nitrogen and oxygen atoms in total. The van der Waals surface area contributed by atoms with E-state index in [1.54, 1.807) is 43.3 Å². The second-order valence-electron chi connectivity index (χ2n) is 7.80. The molecule has 0 aliphatic carbocycles. The number of nitrogens with one attached hydrogen (secondary N) is 3. The van der Waals surface area contributed by atoms with Crippen LogP contribution < -0.4 is 20.7 Å². The molecular weight excluding hydrogens is 455 g/mol. The minimum atomic E-state index is -0.707. The summed E-state index contributed by atoms with van der Waals surface area (Å²) in [7, 11) is 0. The second-order valence-corrected chi connectivity index (χ2v) is 7.80. The molecule has 1 aliphatic rings. The standard InChI is InChI=1S/C24H23FN6O4/c1-15(24(34)28-12-16-3-2-4-18(25)9-16)31-21(7-8-29-31)26-13-22(32)27-11-17-5-6-20-19(10-17)30-23(33)14-35-20/h2-10,13,15H,11-12,14H2,1H3,(H,27,32)(H,28,34)(H,30,33). The summed E-state index contributed by atoms with van der Waals surface area (Å²) in [5.74, 6) is -0.495. The van der Waals surface area contributed by atoms with Gasteiger partial charge in [0.1, 0.15) is 17.6 Å². The lowest BCUT2D eigenvalue weighted by Gasteiger charge is -2.18. The van der Waals surface area contributed by atoms with Gasteiger partial charge in [0.05, 0.1) is 18.1 Å². The molecule has 0 bridgehead atoms. The van der Waals surface area contributed by atoms with Crippen molar-refractivity contribution >= 4 is 35.4 Å². The fourth-order valence-corrected chi connectivity index (χ4v) is 3.40. The van der Waals surface area contributed by atoms with Crippen LogP contribution in [0.2, 0.25) is 0 Å². The number of carbonyl (C=O) groups is 3. The van der Waals surface area contributed by atoms with Crippen molar-refractivity contribution in [3.63, 3.8) is 0 Å². The number of hydrogen-bond acceptors (Lipinski definition) is 6. The van der Waals surface area contributed by atoms with Crippen molar-refractivity contribution in [1.82, 2.24) is 20.4 Å². The maximum Gasteiger partial charge on any atom is 0.262 e. The Hall–Kier alpha value is -4.54. The highest BCUT2D eigenvalue weighted by atomic mass is 19.1. The Morgan fingerprint density at radius 1 is 1.20 bits per heavy atom. The third-order valence-corrected chi connectivity index (χ3v) is 5.21. The van der Waals surface area contributed by atoms with Crippen LogP contribution in [0.5, 0.6) is 5.75 Å². The normalized spacial score (nSPS) is 13.5. The smallest absolute Gasteiger partial charge is 0.262 e. The maximum atomic E-state index is 13.3. The molecule has 4 rings (SSSR count). The van der Waals surface area contributed by atoms with Crippen molar-refractivity contribution in [3.05, 3.63) is 71.7 Å². The number of amides is 3. The number of ether oxygens (including phenoxy) is 1. The van der Waals surface area contributed by atoms with Crippen LogP contribution in [0.1, 0.15) is 24.1 Å². The van der Waals surface area contributed by atoms with Crippen LogP contribution in [0.4, 0.5) is 15.9 Å². The first-order valence-electron chi connectivity index (χ1n) is 10.8. The monoisotopic (exact) mass is 478 g/mol. The van der Waals surface area contributed by atoms with Gasteiger partial charge in [0.2, 0.25) is 5.91 Å². The number of carbonyl (C=O) groups excluding carboxylic acids is 3. The lowest BCUT2D eigenvalue weighted by Crippen LogP contribution is -2.31. The highest BCUT2D eigenvalue weighted by molar-refractivity contribution is 6.26. The van der Waals surface area contributed by atoms with Gasteiger partial charge in [0, 0.05) is 19.2 Å². The van der Waals surface area contributed by atoms with E-state index in [9.17, 15) is 18.8 Å². The quantitative estimate of drug-likeness (QED) is 0.428. The molecule has 11 heteroatoms. The number of aromatic nitrogens is 2. The molecule has 180 valence electrons. The Morgan fingerprint density at radius 3 is 2.83 bits per heavy atom. The molecule has 0 spiro atoms. The van der Waals surface area contributed by atoms with Crippen molar-refractivity contribution in [2.45, 2.75) is 26.1 Å². The van der Waals surface area contributed by atoms with E-state index in [1.807, 2.05) is 0 Å². The third kappa shape index (κ3) is 6.08. The highest BCUT2D eigenvalue weighted by Crippen LogP contribution is 2.28. The Kier molecular flexibility index (Phi) is 7.15. The van der Waals surface area contributed by atoms with Crippen molar-refractivity contribution in [3.8, 4) is 5.75 Å². The van der Waals surface area contributed by atoms with E-state index in [0.29, 0.717) is 22.8 Å². The van der Waals surface area contributed by atoms with E-state index in [0.717, 1.165) is 11.8 Å². The van der Waals surface area contributed by atoms with Crippen LogP contribution in [-0.2, 0) is 27.5 Å². The van der Waals surface area contributed by atoms with Gasteiger partial charge in [-0.2, -0.15) is 5.10 Å². The Labute approximate surface area is 200 Å². The molecule has 3 N–H and O–H groups in total. The highest BCUT2D eigenvalue weighted by Gasteiger charge is 2.18. The summed E-state index contributed by atoms with van der Waals surface area (Å²) in [5, 5.41) is 12.3. The van der Waals surface area contributed by atoms with Crippen LogP contribution in [0.3, 0.4) is 0 Å². The minimum Gasteiger partial charge on any atom is -0.482 e. The molecule has 2 aromatic carbocycles. The van der Waals surface area contributed by atoms with Crippen molar-refractivity contribution in [1.29, 1.82) is 0 Å². The average molecular weight is 478 g/mol. The third-order valence-electron chi connectivity index (χ3n) is 5.21. The average Bonchev–Trinajstić information content (AvgIpc) is 3.32. The van der Waals surface area contributed by atoms with E-state index in [1.165, 1.54) is 23.0 Å². The Bertz CT molecular complexity index is 1290. The maximum absolute atomic E-state index is 13.3. The van der Waals surface area contributed by atoms with Gasteiger partial charge < -0.3 is 20.7 Å². The van der Waals surface area contributed by atoms with E-state index >= 15 is 0 Å². The topological polar surface area (TPSA) is 127 Å². The van der Waals surface area contributed by atoms with E-state index in [4.69, 9.17) is 4.74 Å². The fourth-order valence-electron chi connectivity index (χ4n) is 3.40. The molecule has 0 saturated heterocycles. The summed E-state index contributed by atoms with van der Waals surface area (Å²) in [6.07, 6.45) is 2.58. The van der Waals surface area contributed by atoms with Crippen LogP contribution in [0.25, 0.3) is 0 Å². The number of rotatable bonds is 8. The van der Waals surface area contributed by atoms with Gasteiger partial charge in [0.25, 0.3) is 11.8 Å². The lowest BCUT2D eigenvalue weighted by atomic mass is 10.1. The molecule has 2 heterocycles. The molecule has 1 unspecified atom stereocenters. The zero-order chi connectivity index (χ0) is 24.8. The molecule has 0 fully saturated rings. The van der Waals surface area contributed by atoms with Gasteiger partial charge in [-0.05, 0) is 42.3 Å². The van der Waals surface area contributed by atoms with Gasteiger partial charge in [-0.15, -0.1) is 0 Å². The van der Waals surface area contributed by atoms with Gasteiger partial charge >= 0.3 is 0 Å². The van der Waals surface area contributed by atoms with E-state index in [-0.39, 0.29) is 37.3 Å². The number of halogens is 1. The molecule has 1 aromatic heterocycles. The summed E-state index contributed by atoms with van der Waals surface area (Å²) in [6.45, 7) is 2.00. The van der Waals surface area contributed by atoms with E-state index < -0.39 is 11.9 Å². The molecule has 1 atom stereocenters. The summed E-state index contributed by atoms with van der Waals surface area (Å²) < 4.78 is 20.0. The first kappa shape index (κ1) is 23.6. The zero-order valence-electron chi connectivity index (χ0n) is 18.8. The molecule has 1 aliphatic heterocycles. The van der Waals surface area contributed by atoms with Crippen molar-refractivity contribution < 1.29 is 23.5 Å². The molecule has 3 amide bonds. The largest absolute Gasteiger partial charge is 0.482 e. The molecule has 0 radical (unpaired) electrons. The number of benzene rings is 2. The molecule has 35 heavy (non-hydrogen) atoms. The van der Waals surface area contributed by atoms with Crippen LogP contribution >= 0.6 is 0 Å². The number of hydrogen-bond donors (Lipinski definition) is 3. The Morgan fingerprint density at radius 2 is 2.00 bits per heavy atom. The predicted molar refractivity (Wildman–Crippen MR) is 126 cm³/mol. The van der Waals surface area contributed by atoms with Gasteiger partial charge in [-0.1, -0.05) is 18.2 Å². The second kappa shape index (κ2) is 10.6. The first-order chi connectivity index (χ1) is 16.9. The summed E-state index contributed by atoms with van der Waals surface area (Å²) in [6, 6.07) is 12.1. The van der Waals surface area contributed by atoms with Gasteiger partial charge in [0.15, 0.2) is 12.4 Å². The van der Waals surface area contributed by atoms with Crippen LogP contribution in [-0.4, -0.2) is 40.3 Å². The number of nitrogens with zero attached hydrogens (tertiary/aromatic N) is 3. The van der Waals surface area contributed by atoms with E-state index in [2.05, 4.69) is 26.0 Å². The zero-order valence-corrected chi connectivity index (χ0v) is 18.8. The van der Waals surface area contributed by atoms with Crippen LogP contribution in [0.15, 0.2) is 59.7 Å². The number of anilines is 1. The van der Waals surface area contributed by atoms with Gasteiger partial charge in [-0.3, -0.25) is 14.4 Å². The lowest BCUT2D eigenvalue weighted by molar-refractivity contribution is -0.124. The fraction of sp³-hybridized carbons (Fsp3) is 0.208. The summed E-state index contributed by atoms with van der Waals surface area (Å²) >= 11 is 0. The van der Waals surface area contributed by atoms with Gasteiger partial charge in [-0.25, -0.2) is 14.1 Å². The number of aliphatic imine (C=N–C) groups is 1. The Balaban J connectivity index is 1.31. The summed E-state index contributed by atoms with van der Waals surface area (Å²) in [5.41, 5.74) is 1.95. The minimum absolute atomic E-state index is 0.0244. The predicted octanol–water partition coefficient (Wildman–Crippen LogP) is 2.25. The number of fused-ring (bicyclic) bond motifs is 1.